The Kier molecular flexibility index (Phi) is 2.37. The van der Waals surface area contributed by atoms with E-state index < -0.39 is 0 Å². The highest BCUT2D eigenvalue weighted by Crippen LogP contribution is 2.14. The third-order valence-electron chi connectivity index (χ3n) is 2.68. The van der Waals surface area contributed by atoms with E-state index in [4.69, 9.17) is 0 Å². The molecule has 0 aliphatic carbocycles. The molecule has 3 rings (SSSR count). The van der Waals surface area contributed by atoms with Crippen LogP contribution in [0.4, 0.5) is 0 Å². The molecule has 0 N–H and O–H groups in total. The summed E-state index contributed by atoms with van der Waals surface area (Å²) < 4.78 is 0. The first-order valence-corrected chi connectivity index (χ1v) is 5.50. The fourth-order valence-electron chi connectivity index (χ4n) is 1.79. The molecule has 88 valence electrons. The van der Waals surface area contributed by atoms with Crippen LogP contribution in [0.15, 0.2) is 42.7 Å². The van der Waals surface area contributed by atoms with Crippen molar-refractivity contribution in [3.63, 3.8) is 0 Å². The minimum absolute atomic E-state index is 0.165. The maximum absolute atomic E-state index is 12.1. The van der Waals surface area contributed by atoms with Crippen LogP contribution < -0.4 is 0 Å². The Balaban J connectivity index is 2.06. The lowest BCUT2D eigenvalue weighted by Crippen LogP contribution is -2.04. The van der Waals surface area contributed by atoms with Gasteiger partial charge in [-0.1, -0.05) is 18.2 Å². The zero-order valence-electron chi connectivity index (χ0n) is 9.74. The summed E-state index contributed by atoms with van der Waals surface area (Å²) in [5.74, 6) is -0.165. The predicted molar refractivity (Wildman–Crippen MR) is 66.2 cm³/mol. The topological polar surface area (TPSA) is 60.7 Å². The standard InChI is InChI=1S/C13H10N4O/c1-17-15-8-12(16-17)13(18)10-6-9-4-2-3-5-11(9)14-7-10/h2-8H,1H3. The molecule has 5 heteroatoms. The Bertz CT molecular complexity index is 732. The first kappa shape index (κ1) is 10.6. The Morgan fingerprint density at radius 1 is 1.22 bits per heavy atom. The molecule has 0 radical (unpaired) electrons. The van der Waals surface area contributed by atoms with Gasteiger partial charge in [-0.25, -0.2) is 0 Å². The Labute approximate surface area is 103 Å². The highest BCUT2D eigenvalue weighted by molar-refractivity contribution is 6.08. The molecule has 18 heavy (non-hydrogen) atoms. The van der Waals surface area contributed by atoms with Crippen LogP contribution in [0.3, 0.4) is 0 Å². The second kappa shape index (κ2) is 4.03. The second-order valence-corrected chi connectivity index (χ2v) is 3.97. The van der Waals surface area contributed by atoms with Gasteiger partial charge in [-0.2, -0.15) is 15.0 Å². The lowest BCUT2D eigenvalue weighted by Gasteiger charge is -2.00. The second-order valence-electron chi connectivity index (χ2n) is 3.97. The van der Waals surface area contributed by atoms with Crippen LogP contribution in [-0.4, -0.2) is 25.8 Å². The average molecular weight is 238 g/mol. The minimum Gasteiger partial charge on any atom is -0.287 e. The maximum Gasteiger partial charge on any atom is 0.216 e. The molecule has 3 aromatic rings. The van der Waals surface area contributed by atoms with E-state index in [-0.39, 0.29) is 5.78 Å². The number of pyridine rings is 1. The van der Waals surface area contributed by atoms with Gasteiger partial charge in [-0.3, -0.25) is 9.78 Å². The minimum atomic E-state index is -0.165. The Morgan fingerprint density at radius 2 is 2.06 bits per heavy atom. The van der Waals surface area contributed by atoms with Crippen LogP contribution in [0.25, 0.3) is 10.9 Å². The third kappa shape index (κ3) is 1.75. The van der Waals surface area contributed by atoms with Crippen LogP contribution in [0.1, 0.15) is 16.1 Å². The molecular weight excluding hydrogens is 228 g/mol. The monoisotopic (exact) mass is 238 g/mol. The third-order valence-corrected chi connectivity index (χ3v) is 2.68. The number of carbonyl (C=O) groups is 1. The number of benzene rings is 1. The lowest BCUT2D eigenvalue weighted by atomic mass is 10.1. The van der Waals surface area contributed by atoms with Crippen molar-refractivity contribution in [1.82, 2.24) is 20.0 Å². The highest BCUT2D eigenvalue weighted by atomic mass is 16.1. The van der Waals surface area contributed by atoms with Gasteiger partial charge in [0.1, 0.15) is 0 Å². The van der Waals surface area contributed by atoms with Crippen LogP contribution >= 0.6 is 0 Å². The zero-order valence-corrected chi connectivity index (χ0v) is 9.74. The van der Waals surface area contributed by atoms with Crippen molar-refractivity contribution in [3.8, 4) is 0 Å². The number of carbonyl (C=O) groups excluding carboxylic acids is 1. The molecule has 2 aromatic heterocycles. The van der Waals surface area contributed by atoms with Crippen LogP contribution in [0.2, 0.25) is 0 Å². The quantitative estimate of drug-likeness (QED) is 0.636. The smallest absolute Gasteiger partial charge is 0.216 e. The van der Waals surface area contributed by atoms with Gasteiger partial charge in [0.15, 0.2) is 5.69 Å². The molecular formula is C13H10N4O. The fourth-order valence-corrected chi connectivity index (χ4v) is 1.79. The van der Waals surface area contributed by atoms with Crippen LogP contribution in [0, 0.1) is 0 Å². The van der Waals surface area contributed by atoms with Crippen LogP contribution in [-0.2, 0) is 7.05 Å². The summed E-state index contributed by atoms with van der Waals surface area (Å²) in [5.41, 5.74) is 1.72. The van der Waals surface area contributed by atoms with Gasteiger partial charge in [0.05, 0.1) is 11.7 Å². The summed E-state index contributed by atoms with van der Waals surface area (Å²) in [7, 11) is 1.68. The summed E-state index contributed by atoms with van der Waals surface area (Å²) >= 11 is 0. The molecule has 1 aromatic carbocycles. The molecule has 0 amide bonds. The highest BCUT2D eigenvalue weighted by Gasteiger charge is 2.13. The lowest BCUT2D eigenvalue weighted by molar-refractivity contribution is 0.103. The number of nitrogens with zero attached hydrogens (tertiary/aromatic N) is 4. The molecule has 2 heterocycles. The van der Waals surface area contributed by atoms with Gasteiger partial charge < -0.3 is 0 Å². The number of rotatable bonds is 2. The number of ketones is 1. The van der Waals surface area contributed by atoms with Crippen molar-refractivity contribution in [2.75, 3.05) is 0 Å². The molecule has 0 unspecified atom stereocenters. The molecule has 0 bridgehead atoms. The van der Waals surface area contributed by atoms with Gasteiger partial charge in [0, 0.05) is 24.2 Å². The molecule has 0 aliphatic heterocycles. The van der Waals surface area contributed by atoms with E-state index in [9.17, 15) is 4.79 Å². The number of para-hydroxylation sites is 1. The van der Waals surface area contributed by atoms with E-state index in [0.717, 1.165) is 10.9 Å². The van der Waals surface area contributed by atoms with Gasteiger partial charge in [-0.05, 0) is 12.1 Å². The normalized spacial score (nSPS) is 10.7. The molecule has 0 saturated carbocycles. The van der Waals surface area contributed by atoms with Crippen molar-refractivity contribution in [1.29, 1.82) is 0 Å². The summed E-state index contributed by atoms with van der Waals surface area (Å²) in [5, 5.41) is 8.82. The number of aryl methyl sites for hydroxylation is 1. The van der Waals surface area contributed by atoms with Crippen molar-refractivity contribution in [3.05, 3.63) is 54.0 Å². The van der Waals surface area contributed by atoms with E-state index >= 15 is 0 Å². The van der Waals surface area contributed by atoms with Crippen LogP contribution in [0.5, 0.6) is 0 Å². The number of hydrogen-bond acceptors (Lipinski definition) is 4. The number of hydrogen-bond donors (Lipinski definition) is 0. The average Bonchev–Trinajstić information content (AvgIpc) is 2.84. The molecule has 5 nitrogen and oxygen atoms in total. The van der Waals surface area contributed by atoms with Crippen molar-refractivity contribution >= 4 is 16.7 Å². The van der Waals surface area contributed by atoms with E-state index in [1.807, 2.05) is 30.3 Å². The van der Waals surface area contributed by atoms with E-state index in [1.165, 1.54) is 11.0 Å². The van der Waals surface area contributed by atoms with E-state index in [2.05, 4.69) is 15.2 Å². The molecule has 0 spiro atoms. The summed E-state index contributed by atoms with van der Waals surface area (Å²) in [6.45, 7) is 0. The van der Waals surface area contributed by atoms with E-state index in [0.29, 0.717) is 11.3 Å². The van der Waals surface area contributed by atoms with E-state index in [1.54, 1.807) is 13.2 Å². The molecule has 0 atom stereocenters. The SMILES string of the molecule is Cn1ncc(C(=O)c2cnc3ccccc3c2)n1. The first-order chi connectivity index (χ1) is 8.74. The van der Waals surface area contributed by atoms with Gasteiger partial charge in [-0.15, -0.1) is 0 Å². The maximum atomic E-state index is 12.1. The van der Waals surface area contributed by atoms with Crippen molar-refractivity contribution in [2.45, 2.75) is 0 Å². The first-order valence-electron chi connectivity index (χ1n) is 5.50. The molecule has 0 saturated heterocycles. The summed E-state index contributed by atoms with van der Waals surface area (Å²) in [6.07, 6.45) is 3.02. The molecule has 0 aliphatic rings. The van der Waals surface area contributed by atoms with Gasteiger partial charge in [0.2, 0.25) is 5.78 Å². The van der Waals surface area contributed by atoms with Gasteiger partial charge >= 0.3 is 0 Å². The van der Waals surface area contributed by atoms with Crippen molar-refractivity contribution in [2.24, 2.45) is 7.05 Å². The van der Waals surface area contributed by atoms with Gasteiger partial charge in [0.25, 0.3) is 0 Å². The summed E-state index contributed by atoms with van der Waals surface area (Å²) in [6, 6.07) is 9.49. The largest absolute Gasteiger partial charge is 0.287 e. The predicted octanol–water partition coefficient (Wildman–Crippen LogP) is 1.59. The Morgan fingerprint density at radius 3 is 2.83 bits per heavy atom. The number of aromatic nitrogens is 4. The number of fused-ring (bicyclic) bond motifs is 1. The summed E-state index contributed by atoms with van der Waals surface area (Å²) in [4.78, 5) is 17.8. The van der Waals surface area contributed by atoms with Crippen molar-refractivity contribution < 1.29 is 4.79 Å². The zero-order chi connectivity index (χ0) is 12.5. The molecule has 0 fully saturated rings. The fraction of sp³-hybridized carbons (Fsp3) is 0.0769. The Hall–Kier alpha value is -2.56.